The Morgan fingerprint density at radius 2 is 1.89 bits per heavy atom. The zero-order chi connectivity index (χ0) is 13.2. The molecule has 0 saturated carbocycles. The van der Waals surface area contributed by atoms with Crippen molar-refractivity contribution in [2.24, 2.45) is 11.3 Å². The van der Waals surface area contributed by atoms with Gasteiger partial charge in [0.15, 0.2) is 0 Å². The van der Waals surface area contributed by atoms with Crippen molar-refractivity contribution < 1.29 is 0 Å². The van der Waals surface area contributed by atoms with Gasteiger partial charge in [0, 0.05) is 6.04 Å². The van der Waals surface area contributed by atoms with Gasteiger partial charge in [0.1, 0.15) is 0 Å². The van der Waals surface area contributed by atoms with Crippen LogP contribution in [0.4, 0.5) is 0 Å². The van der Waals surface area contributed by atoms with E-state index >= 15 is 0 Å². The van der Waals surface area contributed by atoms with Gasteiger partial charge < -0.3 is 5.32 Å². The topological polar surface area (TPSA) is 12.0 Å². The lowest BCUT2D eigenvalue weighted by Crippen LogP contribution is -2.34. The Hall–Kier alpha value is -0.820. The zero-order valence-electron chi connectivity index (χ0n) is 12.3. The summed E-state index contributed by atoms with van der Waals surface area (Å²) in [6.07, 6.45) is 3.75. The first-order valence-corrected chi connectivity index (χ1v) is 7.39. The van der Waals surface area contributed by atoms with Crippen molar-refractivity contribution in [1.82, 2.24) is 5.32 Å². The molecule has 2 rings (SSSR count). The first-order chi connectivity index (χ1) is 8.58. The lowest BCUT2D eigenvalue weighted by atomic mass is 9.85. The van der Waals surface area contributed by atoms with Crippen LogP contribution in [0.2, 0.25) is 0 Å². The van der Waals surface area contributed by atoms with Crippen molar-refractivity contribution in [3.05, 3.63) is 35.4 Å². The minimum absolute atomic E-state index is 0.343. The predicted octanol–water partition coefficient (Wildman–Crippen LogP) is 4.34. The van der Waals surface area contributed by atoms with E-state index in [1.807, 2.05) is 0 Å². The fourth-order valence-electron chi connectivity index (χ4n) is 3.24. The predicted molar refractivity (Wildman–Crippen MR) is 78.7 cm³/mol. The Bertz CT molecular complexity index is 390. The minimum Gasteiger partial charge on any atom is -0.309 e. The maximum atomic E-state index is 3.83. The lowest BCUT2D eigenvalue weighted by molar-refractivity contribution is 0.255. The van der Waals surface area contributed by atoms with E-state index in [4.69, 9.17) is 0 Å². The molecule has 0 fully saturated rings. The molecule has 1 nitrogen and oxygen atoms in total. The van der Waals surface area contributed by atoms with Gasteiger partial charge in [0.25, 0.3) is 0 Å². The summed E-state index contributed by atoms with van der Waals surface area (Å²) >= 11 is 0. The average Bonchev–Trinajstić information content (AvgIpc) is 2.61. The van der Waals surface area contributed by atoms with E-state index in [-0.39, 0.29) is 0 Å². The fraction of sp³-hybridized carbons (Fsp3) is 0.647. The molecule has 0 bridgehead atoms. The van der Waals surface area contributed by atoms with Crippen LogP contribution in [0.25, 0.3) is 0 Å². The average molecular weight is 245 g/mol. The third-order valence-corrected chi connectivity index (χ3v) is 4.56. The van der Waals surface area contributed by atoms with E-state index in [9.17, 15) is 0 Å². The SMILES string of the molecule is CCC(CC)CNC1c2ccccc2CC1(C)C. The summed E-state index contributed by atoms with van der Waals surface area (Å²) in [7, 11) is 0. The highest BCUT2D eigenvalue weighted by molar-refractivity contribution is 5.37. The van der Waals surface area contributed by atoms with Crippen LogP contribution in [-0.4, -0.2) is 6.54 Å². The Kier molecular flexibility index (Phi) is 4.11. The van der Waals surface area contributed by atoms with Crippen molar-refractivity contribution in [1.29, 1.82) is 0 Å². The van der Waals surface area contributed by atoms with Gasteiger partial charge >= 0.3 is 0 Å². The van der Waals surface area contributed by atoms with Crippen molar-refractivity contribution in [2.45, 2.75) is 53.0 Å². The molecule has 0 amide bonds. The zero-order valence-corrected chi connectivity index (χ0v) is 12.3. The van der Waals surface area contributed by atoms with Gasteiger partial charge in [-0.05, 0) is 35.4 Å². The third-order valence-electron chi connectivity index (χ3n) is 4.56. The summed E-state index contributed by atoms with van der Waals surface area (Å²) in [5.41, 5.74) is 3.40. The maximum absolute atomic E-state index is 3.83. The number of fused-ring (bicyclic) bond motifs is 1. The molecule has 0 heterocycles. The third kappa shape index (κ3) is 2.61. The van der Waals surface area contributed by atoms with Crippen molar-refractivity contribution in [2.75, 3.05) is 6.54 Å². The van der Waals surface area contributed by atoms with Crippen LogP contribution in [0.15, 0.2) is 24.3 Å². The van der Waals surface area contributed by atoms with E-state index in [0.717, 1.165) is 12.5 Å². The summed E-state index contributed by atoms with van der Waals surface area (Å²) in [6.45, 7) is 10.5. The molecule has 0 spiro atoms. The first-order valence-electron chi connectivity index (χ1n) is 7.39. The summed E-state index contributed by atoms with van der Waals surface area (Å²) in [5, 5.41) is 3.83. The van der Waals surface area contributed by atoms with E-state index in [1.165, 1.54) is 30.4 Å². The Labute approximate surface area is 112 Å². The van der Waals surface area contributed by atoms with Gasteiger partial charge in [-0.2, -0.15) is 0 Å². The molecular weight excluding hydrogens is 218 g/mol. The highest BCUT2D eigenvalue weighted by atomic mass is 14.9. The van der Waals surface area contributed by atoms with Crippen LogP contribution in [0, 0.1) is 11.3 Å². The minimum atomic E-state index is 0.343. The number of benzene rings is 1. The van der Waals surface area contributed by atoms with E-state index in [0.29, 0.717) is 11.5 Å². The quantitative estimate of drug-likeness (QED) is 0.814. The van der Waals surface area contributed by atoms with Gasteiger partial charge in [-0.25, -0.2) is 0 Å². The number of hydrogen-bond donors (Lipinski definition) is 1. The van der Waals surface area contributed by atoms with Crippen molar-refractivity contribution in [3.8, 4) is 0 Å². The van der Waals surface area contributed by atoms with Crippen molar-refractivity contribution >= 4 is 0 Å². The van der Waals surface area contributed by atoms with Crippen LogP contribution >= 0.6 is 0 Å². The first kappa shape index (κ1) is 13.6. The van der Waals surface area contributed by atoms with Gasteiger partial charge in [-0.3, -0.25) is 0 Å². The molecule has 1 unspecified atom stereocenters. The van der Waals surface area contributed by atoms with Gasteiger partial charge in [0.05, 0.1) is 0 Å². The number of nitrogens with one attached hydrogen (secondary N) is 1. The molecule has 1 heteroatoms. The Morgan fingerprint density at radius 1 is 1.22 bits per heavy atom. The second-order valence-electron chi connectivity index (χ2n) is 6.39. The second kappa shape index (κ2) is 5.44. The Morgan fingerprint density at radius 3 is 2.56 bits per heavy atom. The van der Waals surface area contributed by atoms with Crippen molar-refractivity contribution in [3.63, 3.8) is 0 Å². The lowest BCUT2D eigenvalue weighted by Gasteiger charge is -2.30. The van der Waals surface area contributed by atoms with Crippen LogP contribution in [0.1, 0.15) is 57.7 Å². The normalized spacial score (nSPS) is 21.3. The fourth-order valence-corrected chi connectivity index (χ4v) is 3.24. The largest absolute Gasteiger partial charge is 0.309 e. The van der Waals surface area contributed by atoms with E-state index in [2.05, 4.69) is 57.3 Å². The highest BCUT2D eigenvalue weighted by Gasteiger charge is 2.38. The smallest absolute Gasteiger partial charge is 0.0377 e. The molecule has 1 aromatic rings. The summed E-state index contributed by atoms with van der Waals surface area (Å²) in [6, 6.07) is 9.45. The van der Waals surface area contributed by atoms with Crippen LogP contribution in [-0.2, 0) is 6.42 Å². The number of rotatable bonds is 5. The Balaban J connectivity index is 2.11. The molecule has 1 N–H and O–H groups in total. The molecule has 100 valence electrons. The molecule has 0 saturated heterocycles. The summed E-state index contributed by atoms with van der Waals surface area (Å²) in [4.78, 5) is 0. The van der Waals surface area contributed by atoms with Gasteiger partial charge in [-0.1, -0.05) is 64.8 Å². The molecule has 1 aliphatic carbocycles. The molecular formula is C17H27N. The highest BCUT2D eigenvalue weighted by Crippen LogP contribution is 2.44. The molecule has 1 aromatic carbocycles. The maximum Gasteiger partial charge on any atom is 0.0377 e. The summed E-state index contributed by atoms with van der Waals surface area (Å²) < 4.78 is 0. The van der Waals surface area contributed by atoms with E-state index in [1.54, 1.807) is 0 Å². The number of hydrogen-bond acceptors (Lipinski definition) is 1. The van der Waals surface area contributed by atoms with Crippen LogP contribution < -0.4 is 5.32 Å². The second-order valence-corrected chi connectivity index (χ2v) is 6.39. The van der Waals surface area contributed by atoms with Gasteiger partial charge in [-0.15, -0.1) is 0 Å². The van der Waals surface area contributed by atoms with Crippen LogP contribution in [0.3, 0.4) is 0 Å². The monoisotopic (exact) mass is 245 g/mol. The molecule has 1 aliphatic rings. The molecule has 18 heavy (non-hydrogen) atoms. The summed E-state index contributed by atoms with van der Waals surface area (Å²) in [5.74, 6) is 0.813. The van der Waals surface area contributed by atoms with E-state index < -0.39 is 0 Å². The molecule has 0 radical (unpaired) electrons. The molecule has 0 aromatic heterocycles. The molecule has 1 atom stereocenters. The molecule has 0 aliphatic heterocycles. The standard InChI is InChI=1S/C17H27N/c1-5-13(6-2)12-18-16-15-10-8-7-9-14(15)11-17(16,3)4/h7-10,13,16,18H,5-6,11-12H2,1-4H3. The van der Waals surface area contributed by atoms with Crippen LogP contribution in [0.5, 0.6) is 0 Å². The van der Waals surface area contributed by atoms with Gasteiger partial charge in [0.2, 0.25) is 0 Å².